The fraction of sp³-hybridized carbons (Fsp3) is 0.750. The molecule has 21 heavy (non-hydrogen) atoms. The van der Waals surface area contributed by atoms with Gasteiger partial charge in [0.15, 0.2) is 0 Å². The third-order valence-corrected chi connectivity index (χ3v) is 4.50. The summed E-state index contributed by atoms with van der Waals surface area (Å²) in [6.07, 6.45) is 4.92. The Morgan fingerprint density at radius 1 is 1.48 bits per heavy atom. The lowest BCUT2D eigenvalue weighted by Crippen LogP contribution is -2.40. The van der Waals surface area contributed by atoms with Crippen LogP contribution in [0.5, 0.6) is 0 Å². The molecule has 0 saturated carbocycles. The highest BCUT2D eigenvalue weighted by molar-refractivity contribution is 7.80. The van der Waals surface area contributed by atoms with Gasteiger partial charge >= 0.3 is 5.97 Å². The van der Waals surface area contributed by atoms with Crippen LogP contribution in [-0.2, 0) is 14.3 Å². The average Bonchev–Trinajstić information content (AvgIpc) is 2.35. The van der Waals surface area contributed by atoms with Crippen molar-refractivity contribution in [2.24, 2.45) is 23.0 Å². The van der Waals surface area contributed by atoms with Crippen LogP contribution in [0.15, 0.2) is 12.2 Å². The molecule has 0 aromatic carbocycles. The van der Waals surface area contributed by atoms with Gasteiger partial charge in [0.2, 0.25) is 0 Å². The van der Waals surface area contributed by atoms with Crippen LogP contribution in [0.25, 0.3) is 0 Å². The number of nitrogens with two attached hydrogens (primary N) is 1. The number of thiol groups is 1. The zero-order valence-corrected chi connectivity index (χ0v) is 14.2. The first-order chi connectivity index (χ1) is 9.69. The average molecular weight is 313 g/mol. The number of hydrogen-bond donors (Lipinski definition) is 2. The number of hydrogen-bond acceptors (Lipinski definition) is 5. The molecule has 120 valence electrons. The van der Waals surface area contributed by atoms with E-state index in [1.807, 2.05) is 0 Å². The van der Waals surface area contributed by atoms with Crippen molar-refractivity contribution >= 4 is 24.4 Å². The first-order valence-electron chi connectivity index (χ1n) is 7.45. The van der Waals surface area contributed by atoms with Crippen molar-refractivity contribution in [3.63, 3.8) is 0 Å². The number of esters is 1. The number of carbonyl (C=O) groups excluding carboxylic acids is 2. The van der Waals surface area contributed by atoms with E-state index in [9.17, 15) is 9.59 Å². The van der Waals surface area contributed by atoms with Crippen LogP contribution in [0.3, 0.4) is 0 Å². The molecule has 0 spiro atoms. The fourth-order valence-electron chi connectivity index (χ4n) is 3.08. The van der Waals surface area contributed by atoms with Gasteiger partial charge < -0.3 is 10.5 Å². The van der Waals surface area contributed by atoms with E-state index in [4.69, 9.17) is 10.5 Å². The van der Waals surface area contributed by atoms with Crippen LogP contribution in [0.1, 0.15) is 40.5 Å². The minimum atomic E-state index is -0.737. The molecule has 0 bridgehead atoms. The van der Waals surface area contributed by atoms with E-state index in [0.717, 1.165) is 6.42 Å². The fourth-order valence-corrected chi connectivity index (χ4v) is 3.23. The van der Waals surface area contributed by atoms with Gasteiger partial charge in [-0.05, 0) is 24.7 Å². The molecule has 5 heteroatoms. The number of rotatable bonds is 6. The first kappa shape index (κ1) is 18.2. The SMILES string of the molecule is CC(CC(=O)C1C(C)C=CCC1(C)C)OC(=O)[C@@H](N)CS. The monoisotopic (exact) mass is 313 g/mol. The Hall–Kier alpha value is -0.810. The number of allylic oxidation sites excluding steroid dienone is 2. The standard InChI is InChI=1S/C16H27NO3S/c1-10-6-5-7-16(3,4)14(10)13(18)8-11(2)20-15(19)12(17)9-21/h5-6,10-12,14,21H,7-9,17H2,1-4H3/t10?,11?,12-,14?/m0/s1. The summed E-state index contributed by atoms with van der Waals surface area (Å²) < 4.78 is 5.22. The summed E-state index contributed by atoms with van der Waals surface area (Å²) in [5.41, 5.74) is 5.50. The summed E-state index contributed by atoms with van der Waals surface area (Å²) in [7, 11) is 0. The highest BCUT2D eigenvalue weighted by atomic mass is 32.1. The van der Waals surface area contributed by atoms with Gasteiger partial charge in [-0.3, -0.25) is 9.59 Å². The normalized spacial score (nSPS) is 27.0. The van der Waals surface area contributed by atoms with Crippen molar-refractivity contribution in [3.8, 4) is 0 Å². The molecule has 0 aromatic heterocycles. The molecular formula is C16H27NO3S. The van der Waals surface area contributed by atoms with E-state index < -0.39 is 18.1 Å². The second-order valence-corrected chi connectivity index (χ2v) is 7.03. The predicted octanol–water partition coefficient (Wildman–Crippen LogP) is 2.37. The largest absolute Gasteiger partial charge is 0.461 e. The summed E-state index contributed by atoms with van der Waals surface area (Å²) in [5, 5.41) is 0. The Labute approximate surface area is 132 Å². The van der Waals surface area contributed by atoms with Crippen LogP contribution in [-0.4, -0.2) is 29.7 Å². The van der Waals surface area contributed by atoms with Gasteiger partial charge in [0.25, 0.3) is 0 Å². The van der Waals surface area contributed by atoms with Gasteiger partial charge in [-0.2, -0.15) is 12.6 Å². The maximum absolute atomic E-state index is 12.6. The lowest BCUT2D eigenvalue weighted by molar-refractivity contribution is -0.151. The second-order valence-electron chi connectivity index (χ2n) is 6.66. The van der Waals surface area contributed by atoms with Crippen molar-refractivity contribution in [1.29, 1.82) is 0 Å². The Bertz CT molecular complexity index is 420. The van der Waals surface area contributed by atoms with E-state index in [-0.39, 0.29) is 35.2 Å². The van der Waals surface area contributed by atoms with Crippen LogP contribution >= 0.6 is 12.6 Å². The van der Waals surface area contributed by atoms with Crippen molar-refractivity contribution < 1.29 is 14.3 Å². The van der Waals surface area contributed by atoms with Gasteiger partial charge in [0.1, 0.15) is 17.9 Å². The third kappa shape index (κ3) is 4.85. The Balaban J connectivity index is 2.63. The quantitative estimate of drug-likeness (QED) is 0.449. The molecule has 0 saturated heterocycles. The number of ketones is 1. The highest BCUT2D eigenvalue weighted by Gasteiger charge is 2.39. The molecule has 1 aliphatic carbocycles. The van der Waals surface area contributed by atoms with Crippen LogP contribution in [0.4, 0.5) is 0 Å². The molecule has 1 aliphatic rings. The molecule has 0 amide bonds. The maximum Gasteiger partial charge on any atom is 0.324 e. The van der Waals surface area contributed by atoms with Crippen LogP contribution in [0, 0.1) is 17.3 Å². The first-order valence-corrected chi connectivity index (χ1v) is 8.08. The summed E-state index contributed by atoms with van der Waals surface area (Å²) in [5.74, 6) is 0.0561. The van der Waals surface area contributed by atoms with Gasteiger partial charge in [-0.1, -0.05) is 32.9 Å². The number of carbonyl (C=O) groups is 2. The zero-order chi connectivity index (χ0) is 16.2. The second kappa shape index (κ2) is 7.45. The minimum absolute atomic E-state index is 0.0396. The van der Waals surface area contributed by atoms with Crippen molar-refractivity contribution in [1.82, 2.24) is 0 Å². The smallest absolute Gasteiger partial charge is 0.324 e. The van der Waals surface area contributed by atoms with Gasteiger partial charge in [-0.25, -0.2) is 0 Å². The van der Waals surface area contributed by atoms with Gasteiger partial charge in [0.05, 0.1) is 0 Å². The molecule has 3 unspecified atom stereocenters. The van der Waals surface area contributed by atoms with E-state index in [0.29, 0.717) is 0 Å². The Morgan fingerprint density at radius 2 is 2.10 bits per heavy atom. The van der Waals surface area contributed by atoms with E-state index in [1.165, 1.54) is 0 Å². The van der Waals surface area contributed by atoms with Crippen molar-refractivity contribution in [3.05, 3.63) is 12.2 Å². The Kier molecular flexibility index (Phi) is 6.47. The summed E-state index contributed by atoms with van der Waals surface area (Å²) >= 11 is 3.96. The molecular weight excluding hydrogens is 286 g/mol. The molecule has 0 fully saturated rings. The molecule has 0 heterocycles. The van der Waals surface area contributed by atoms with Gasteiger partial charge in [0, 0.05) is 18.1 Å². The number of Topliss-reactive ketones (excluding diaryl/α,β-unsaturated/α-hetero) is 1. The Morgan fingerprint density at radius 3 is 2.62 bits per heavy atom. The summed E-state index contributed by atoms with van der Waals surface area (Å²) in [6, 6.07) is -0.737. The molecule has 0 aromatic rings. The van der Waals surface area contributed by atoms with E-state index in [2.05, 4.69) is 45.6 Å². The van der Waals surface area contributed by atoms with Crippen molar-refractivity contribution in [2.75, 3.05) is 5.75 Å². The molecule has 1 rings (SSSR count). The van der Waals surface area contributed by atoms with Crippen LogP contribution in [0.2, 0.25) is 0 Å². The van der Waals surface area contributed by atoms with Gasteiger partial charge in [-0.15, -0.1) is 0 Å². The minimum Gasteiger partial charge on any atom is -0.461 e. The lowest BCUT2D eigenvalue weighted by atomic mass is 9.65. The van der Waals surface area contributed by atoms with Crippen LogP contribution < -0.4 is 5.73 Å². The molecule has 2 N–H and O–H groups in total. The zero-order valence-electron chi connectivity index (χ0n) is 13.3. The topological polar surface area (TPSA) is 69.4 Å². The number of ether oxygens (including phenoxy) is 1. The molecule has 4 atom stereocenters. The highest BCUT2D eigenvalue weighted by Crippen LogP contribution is 2.41. The van der Waals surface area contributed by atoms with E-state index in [1.54, 1.807) is 6.92 Å². The maximum atomic E-state index is 12.6. The third-order valence-electron chi connectivity index (χ3n) is 4.10. The lowest BCUT2D eigenvalue weighted by Gasteiger charge is -2.39. The summed E-state index contributed by atoms with van der Waals surface area (Å²) in [6.45, 7) is 8.02. The molecule has 0 aliphatic heterocycles. The molecule has 4 nitrogen and oxygen atoms in total. The van der Waals surface area contributed by atoms with E-state index >= 15 is 0 Å². The predicted molar refractivity (Wildman–Crippen MR) is 87.2 cm³/mol. The van der Waals surface area contributed by atoms with Crippen molar-refractivity contribution in [2.45, 2.75) is 52.7 Å². The molecule has 0 radical (unpaired) electrons. The summed E-state index contributed by atoms with van der Waals surface area (Å²) in [4.78, 5) is 24.2.